The van der Waals surface area contributed by atoms with Crippen molar-refractivity contribution >= 4 is 11.8 Å². The highest BCUT2D eigenvalue weighted by atomic mass is 32.2. The Morgan fingerprint density at radius 2 is 2.23 bits per heavy atom. The summed E-state index contributed by atoms with van der Waals surface area (Å²) in [6.45, 7) is 8.22. The SMILES string of the molecule is CSC(C)CNC1CCC(C)(C)C1. The van der Waals surface area contributed by atoms with E-state index in [1.54, 1.807) is 0 Å². The normalized spacial score (nSPS) is 29.1. The van der Waals surface area contributed by atoms with Gasteiger partial charge in [-0.15, -0.1) is 0 Å². The Hall–Kier alpha value is 0.310. The van der Waals surface area contributed by atoms with Gasteiger partial charge in [-0.05, 0) is 30.9 Å². The molecule has 2 atom stereocenters. The van der Waals surface area contributed by atoms with Gasteiger partial charge in [-0.1, -0.05) is 20.8 Å². The lowest BCUT2D eigenvalue weighted by Crippen LogP contribution is -2.32. The van der Waals surface area contributed by atoms with Gasteiger partial charge in [0.05, 0.1) is 0 Å². The first kappa shape index (κ1) is 11.4. The second kappa shape index (κ2) is 4.70. The lowest BCUT2D eigenvalue weighted by molar-refractivity contribution is 0.365. The van der Waals surface area contributed by atoms with Crippen LogP contribution in [0.1, 0.15) is 40.0 Å². The van der Waals surface area contributed by atoms with Crippen molar-refractivity contribution in [2.24, 2.45) is 5.41 Å². The predicted octanol–water partition coefficient (Wildman–Crippen LogP) is 2.91. The van der Waals surface area contributed by atoms with Gasteiger partial charge in [0.1, 0.15) is 0 Å². The second-order valence-corrected chi connectivity index (χ2v) is 6.33. The van der Waals surface area contributed by atoms with Gasteiger partial charge in [0.15, 0.2) is 0 Å². The summed E-state index contributed by atoms with van der Waals surface area (Å²) in [6.07, 6.45) is 6.30. The van der Waals surface area contributed by atoms with Crippen molar-refractivity contribution in [3.63, 3.8) is 0 Å². The van der Waals surface area contributed by atoms with Crippen LogP contribution in [-0.4, -0.2) is 24.1 Å². The lowest BCUT2D eigenvalue weighted by atomic mass is 9.92. The molecule has 1 rings (SSSR count). The van der Waals surface area contributed by atoms with Crippen LogP contribution >= 0.6 is 11.8 Å². The molecule has 2 unspecified atom stereocenters. The molecule has 0 spiro atoms. The molecule has 1 aliphatic rings. The number of hydrogen-bond acceptors (Lipinski definition) is 2. The van der Waals surface area contributed by atoms with Crippen molar-refractivity contribution in [1.29, 1.82) is 0 Å². The van der Waals surface area contributed by atoms with Crippen LogP contribution in [0.25, 0.3) is 0 Å². The second-order valence-electron chi connectivity index (χ2n) is 5.06. The number of thioether (sulfide) groups is 1. The van der Waals surface area contributed by atoms with Crippen LogP contribution in [-0.2, 0) is 0 Å². The predicted molar refractivity (Wildman–Crippen MR) is 62.4 cm³/mol. The fourth-order valence-corrected chi connectivity index (χ4v) is 2.29. The van der Waals surface area contributed by atoms with E-state index in [1.807, 2.05) is 11.8 Å². The van der Waals surface area contributed by atoms with Gasteiger partial charge in [-0.3, -0.25) is 0 Å². The molecule has 1 aliphatic carbocycles. The Bertz CT molecular complexity index is 156. The van der Waals surface area contributed by atoms with Crippen LogP contribution < -0.4 is 5.32 Å². The van der Waals surface area contributed by atoms with Crippen molar-refractivity contribution in [1.82, 2.24) is 5.32 Å². The van der Waals surface area contributed by atoms with Gasteiger partial charge in [0.2, 0.25) is 0 Å². The van der Waals surface area contributed by atoms with Crippen LogP contribution in [0.2, 0.25) is 0 Å². The zero-order valence-corrected chi connectivity index (χ0v) is 10.2. The van der Waals surface area contributed by atoms with E-state index >= 15 is 0 Å². The highest BCUT2D eigenvalue weighted by Crippen LogP contribution is 2.36. The monoisotopic (exact) mass is 201 g/mol. The molecule has 0 aromatic rings. The zero-order valence-electron chi connectivity index (χ0n) is 9.39. The fourth-order valence-electron chi connectivity index (χ4n) is 2.03. The molecule has 0 aromatic carbocycles. The topological polar surface area (TPSA) is 12.0 Å². The van der Waals surface area contributed by atoms with Crippen molar-refractivity contribution in [2.45, 2.75) is 51.3 Å². The molecule has 0 bridgehead atoms. The van der Waals surface area contributed by atoms with Gasteiger partial charge >= 0.3 is 0 Å². The molecule has 1 fully saturated rings. The fraction of sp³-hybridized carbons (Fsp3) is 1.00. The summed E-state index contributed by atoms with van der Waals surface area (Å²) in [4.78, 5) is 0. The maximum absolute atomic E-state index is 3.67. The van der Waals surface area contributed by atoms with Crippen LogP contribution in [0.4, 0.5) is 0 Å². The molecule has 13 heavy (non-hydrogen) atoms. The zero-order chi connectivity index (χ0) is 9.90. The molecule has 0 radical (unpaired) electrons. The molecule has 0 heterocycles. The number of hydrogen-bond donors (Lipinski definition) is 1. The molecule has 0 amide bonds. The van der Waals surface area contributed by atoms with E-state index in [1.165, 1.54) is 25.8 Å². The minimum Gasteiger partial charge on any atom is -0.313 e. The van der Waals surface area contributed by atoms with Gasteiger partial charge in [-0.2, -0.15) is 11.8 Å². The van der Waals surface area contributed by atoms with E-state index < -0.39 is 0 Å². The third-order valence-electron chi connectivity index (χ3n) is 3.06. The Morgan fingerprint density at radius 3 is 2.69 bits per heavy atom. The summed E-state index contributed by atoms with van der Waals surface area (Å²) in [5, 5.41) is 4.42. The van der Waals surface area contributed by atoms with Crippen molar-refractivity contribution in [3.8, 4) is 0 Å². The van der Waals surface area contributed by atoms with E-state index in [0.29, 0.717) is 5.41 Å². The first-order valence-electron chi connectivity index (χ1n) is 5.30. The first-order valence-corrected chi connectivity index (χ1v) is 6.58. The maximum Gasteiger partial charge on any atom is 0.0141 e. The van der Waals surface area contributed by atoms with Crippen molar-refractivity contribution < 1.29 is 0 Å². The van der Waals surface area contributed by atoms with Gasteiger partial charge in [0.25, 0.3) is 0 Å². The molecule has 78 valence electrons. The summed E-state index contributed by atoms with van der Waals surface area (Å²) in [5.74, 6) is 0. The summed E-state index contributed by atoms with van der Waals surface area (Å²) < 4.78 is 0. The highest BCUT2D eigenvalue weighted by Gasteiger charge is 2.30. The molecule has 1 saturated carbocycles. The summed E-state index contributed by atoms with van der Waals surface area (Å²) >= 11 is 1.95. The third kappa shape index (κ3) is 3.90. The Balaban J connectivity index is 2.17. The van der Waals surface area contributed by atoms with E-state index in [4.69, 9.17) is 0 Å². The summed E-state index contributed by atoms with van der Waals surface area (Å²) in [6, 6.07) is 0.782. The number of nitrogens with one attached hydrogen (secondary N) is 1. The number of rotatable bonds is 4. The van der Waals surface area contributed by atoms with Crippen LogP contribution in [0, 0.1) is 5.41 Å². The highest BCUT2D eigenvalue weighted by molar-refractivity contribution is 7.99. The third-order valence-corrected chi connectivity index (χ3v) is 4.04. The maximum atomic E-state index is 3.67. The molecule has 1 nitrogen and oxygen atoms in total. The van der Waals surface area contributed by atoms with Gasteiger partial charge < -0.3 is 5.32 Å². The van der Waals surface area contributed by atoms with Gasteiger partial charge in [-0.25, -0.2) is 0 Å². The van der Waals surface area contributed by atoms with Crippen LogP contribution in [0.15, 0.2) is 0 Å². The van der Waals surface area contributed by atoms with Crippen molar-refractivity contribution in [2.75, 3.05) is 12.8 Å². The van der Waals surface area contributed by atoms with E-state index in [2.05, 4.69) is 32.3 Å². The summed E-state index contributed by atoms with van der Waals surface area (Å²) in [5.41, 5.74) is 0.584. The molecular formula is C11H23NS. The average molecular weight is 201 g/mol. The Labute approximate surface area is 87.1 Å². The minimum absolute atomic E-state index is 0.584. The van der Waals surface area contributed by atoms with Crippen molar-refractivity contribution in [3.05, 3.63) is 0 Å². The molecule has 0 saturated heterocycles. The van der Waals surface area contributed by atoms with Gasteiger partial charge in [0, 0.05) is 17.8 Å². The molecule has 0 aromatic heterocycles. The van der Waals surface area contributed by atoms with E-state index in [-0.39, 0.29) is 0 Å². The minimum atomic E-state index is 0.584. The molecular weight excluding hydrogens is 178 g/mol. The van der Waals surface area contributed by atoms with Crippen LogP contribution in [0.5, 0.6) is 0 Å². The van der Waals surface area contributed by atoms with Crippen LogP contribution in [0.3, 0.4) is 0 Å². The summed E-state index contributed by atoms with van der Waals surface area (Å²) in [7, 11) is 0. The quantitative estimate of drug-likeness (QED) is 0.750. The smallest absolute Gasteiger partial charge is 0.0141 e. The van der Waals surface area contributed by atoms with E-state index in [9.17, 15) is 0 Å². The first-order chi connectivity index (χ1) is 6.03. The molecule has 2 heteroatoms. The van der Waals surface area contributed by atoms with E-state index in [0.717, 1.165) is 11.3 Å². The molecule has 1 N–H and O–H groups in total. The Morgan fingerprint density at radius 1 is 1.54 bits per heavy atom. The lowest BCUT2D eigenvalue weighted by Gasteiger charge is -2.19. The Kier molecular flexibility index (Phi) is 4.11. The largest absolute Gasteiger partial charge is 0.313 e. The molecule has 0 aliphatic heterocycles. The standard InChI is InChI=1S/C11H23NS/c1-9(13-4)8-12-10-5-6-11(2,3)7-10/h9-10,12H,5-8H2,1-4H3. The average Bonchev–Trinajstić information content (AvgIpc) is 2.41.